The largest absolute Gasteiger partial charge is 0.489 e. The Labute approximate surface area is 249 Å². The highest BCUT2D eigenvalue weighted by Crippen LogP contribution is 2.29. The van der Waals surface area contributed by atoms with Crippen molar-refractivity contribution in [2.24, 2.45) is 0 Å². The maximum Gasteiger partial charge on any atom is 0.266 e. The molecule has 0 fully saturated rings. The first-order valence-corrected chi connectivity index (χ1v) is 13.5. The van der Waals surface area contributed by atoms with Crippen molar-refractivity contribution in [3.63, 3.8) is 0 Å². The van der Waals surface area contributed by atoms with Gasteiger partial charge in [0.1, 0.15) is 36.4 Å². The average Bonchev–Trinajstić information content (AvgIpc) is 2.92. The van der Waals surface area contributed by atoms with Gasteiger partial charge in [0.05, 0.1) is 4.47 Å². The number of nitriles is 1. The van der Waals surface area contributed by atoms with Gasteiger partial charge in [-0.25, -0.2) is 0 Å². The van der Waals surface area contributed by atoms with Crippen LogP contribution in [0.15, 0.2) is 95.0 Å². The minimum Gasteiger partial charge on any atom is -0.489 e. The van der Waals surface area contributed by atoms with Gasteiger partial charge in [-0.1, -0.05) is 59.1 Å². The number of amides is 1. The van der Waals surface area contributed by atoms with Crippen LogP contribution in [0.5, 0.6) is 11.5 Å². The number of halogens is 4. The van der Waals surface area contributed by atoms with Gasteiger partial charge in [-0.05, 0) is 93.8 Å². The number of nitrogens with one attached hydrogen (secondary N) is 1. The summed E-state index contributed by atoms with van der Waals surface area (Å²) in [6.45, 7) is 0.638. The molecule has 5 nitrogen and oxygen atoms in total. The van der Waals surface area contributed by atoms with Crippen LogP contribution in [-0.2, 0) is 18.0 Å². The monoisotopic (exact) mass is 640 g/mol. The topological polar surface area (TPSA) is 71.3 Å². The summed E-state index contributed by atoms with van der Waals surface area (Å²) < 4.78 is 12.3. The molecule has 0 heterocycles. The van der Waals surface area contributed by atoms with Gasteiger partial charge < -0.3 is 14.8 Å². The smallest absolute Gasteiger partial charge is 0.266 e. The fourth-order valence-electron chi connectivity index (χ4n) is 3.41. The Balaban J connectivity index is 1.35. The van der Waals surface area contributed by atoms with Crippen LogP contribution in [0, 0.1) is 11.3 Å². The molecule has 4 rings (SSSR count). The Morgan fingerprint density at radius 1 is 0.872 bits per heavy atom. The summed E-state index contributed by atoms with van der Waals surface area (Å²) in [5, 5.41) is 14.1. The summed E-state index contributed by atoms with van der Waals surface area (Å²) in [6.07, 6.45) is 1.50. The minimum absolute atomic E-state index is 0.0495. The Kier molecular flexibility index (Phi) is 9.91. The Morgan fingerprint density at radius 2 is 1.59 bits per heavy atom. The molecule has 0 aliphatic carbocycles. The van der Waals surface area contributed by atoms with Crippen LogP contribution in [0.25, 0.3) is 6.08 Å². The highest BCUT2D eigenvalue weighted by atomic mass is 79.9. The number of carbonyl (C=O) groups excluding carboxylic acids is 1. The maximum absolute atomic E-state index is 12.7. The second-order valence-corrected chi connectivity index (χ2v) is 10.4. The quantitative estimate of drug-likeness (QED) is 0.146. The molecule has 1 N–H and O–H groups in total. The molecule has 9 heteroatoms. The molecule has 0 spiro atoms. The number of rotatable bonds is 9. The normalized spacial score (nSPS) is 11.0. The number of nitrogens with zero attached hydrogens (tertiary/aromatic N) is 1. The summed E-state index contributed by atoms with van der Waals surface area (Å²) >= 11 is 21.5. The third-order valence-corrected chi connectivity index (χ3v) is 6.92. The van der Waals surface area contributed by atoms with Gasteiger partial charge in [-0.15, -0.1) is 0 Å². The van der Waals surface area contributed by atoms with Crippen LogP contribution in [0.1, 0.15) is 16.7 Å². The van der Waals surface area contributed by atoms with E-state index < -0.39 is 5.91 Å². The van der Waals surface area contributed by atoms with E-state index in [9.17, 15) is 10.1 Å². The number of hydrogen-bond acceptors (Lipinski definition) is 4. The SMILES string of the molecule is N#C/C(=C\c1ccc(OCc2ccc(Cl)cc2Cl)c(Br)c1)C(=O)Nc1ccc(OCc2ccc(Cl)cc2)cc1. The van der Waals surface area contributed by atoms with Crippen molar-refractivity contribution in [3.8, 4) is 17.6 Å². The molecule has 4 aromatic rings. The molecule has 0 aliphatic heterocycles. The van der Waals surface area contributed by atoms with Crippen molar-refractivity contribution in [3.05, 3.63) is 127 Å². The van der Waals surface area contributed by atoms with Crippen LogP contribution in [0.4, 0.5) is 5.69 Å². The van der Waals surface area contributed by atoms with Crippen LogP contribution in [-0.4, -0.2) is 5.91 Å². The van der Waals surface area contributed by atoms with Gasteiger partial charge in [0, 0.05) is 26.3 Å². The van der Waals surface area contributed by atoms with Crippen molar-refractivity contribution in [2.75, 3.05) is 5.32 Å². The summed E-state index contributed by atoms with van der Waals surface area (Å²) in [7, 11) is 0. The predicted molar refractivity (Wildman–Crippen MR) is 159 cm³/mol. The van der Waals surface area contributed by atoms with E-state index in [4.69, 9.17) is 44.3 Å². The first-order chi connectivity index (χ1) is 18.8. The summed E-state index contributed by atoms with van der Waals surface area (Å²) in [5.74, 6) is 0.699. The van der Waals surface area contributed by atoms with Crippen molar-refractivity contribution < 1.29 is 14.3 Å². The molecular formula is C30H20BrCl3N2O3. The molecule has 0 bridgehead atoms. The molecule has 4 aromatic carbocycles. The van der Waals surface area contributed by atoms with Crippen molar-refractivity contribution in [2.45, 2.75) is 13.2 Å². The van der Waals surface area contributed by atoms with E-state index in [1.165, 1.54) is 6.08 Å². The summed E-state index contributed by atoms with van der Waals surface area (Å²) in [4.78, 5) is 12.7. The lowest BCUT2D eigenvalue weighted by molar-refractivity contribution is -0.112. The maximum atomic E-state index is 12.7. The zero-order valence-electron chi connectivity index (χ0n) is 20.3. The van der Waals surface area contributed by atoms with Crippen LogP contribution < -0.4 is 14.8 Å². The third-order valence-electron chi connectivity index (χ3n) is 5.46. The molecule has 0 atom stereocenters. The van der Waals surface area contributed by atoms with Crippen LogP contribution in [0.2, 0.25) is 15.1 Å². The number of hydrogen-bond donors (Lipinski definition) is 1. The lowest BCUT2D eigenvalue weighted by atomic mass is 10.1. The van der Waals surface area contributed by atoms with E-state index in [1.54, 1.807) is 72.8 Å². The van der Waals surface area contributed by atoms with Crippen molar-refractivity contribution in [1.82, 2.24) is 0 Å². The zero-order valence-corrected chi connectivity index (χ0v) is 24.1. The highest BCUT2D eigenvalue weighted by Gasteiger charge is 2.11. The molecule has 0 radical (unpaired) electrons. The highest BCUT2D eigenvalue weighted by molar-refractivity contribution is 9.10. The van der Waals surface area contributed by atoms with Crippen molar-refractivity contribution >= 4 is 68.4 Å². The van der Waals surface area contributed by atoms with Crippen molar-refractivity contribution in [1.29, 1.82) is 5.26 Å². The van der Waals surface area contributed by atoms with Crippen LogP contribution >= 0.6 is 50.7 Å². The molecule has 0 unspecified atom stereocenters. The number of benzene rings is 4. The molecule has 39 heavy (non-hydrogen) atoms. The molecule has 0 saturated carbocycles. The lowest BCUT2D eigenvalue weighted by Gasteiger charge is -2.11. The summed E-state index contributed by atoms with van der Waals surface area (Å²) in [6, 6.07) is 26.7. The van der Waals surface area contributed by atoms with E-state index in [2.05, 4.69) is 21.2 Å². The van der Waals surface area contributed by atoms with Crippen LogP contribution in [0.3, 0.4) is 0 Å². The minimum atomic E-state index is -0.527. The second-order valence-electron chi connectivity index (χ2n) is 8.28. The van der Waals surface area contributed by atoms with E-state index in [0.29, 0.717) is 48.9 Å². The third kappa shape index (κ3) is 8.26. The predicted octanol–water partition coefficient (Wildman–Crippen LogP) is 9.11. The molecule has 196 valence electrons. The van der Waals surface area contributed by atoms with Gasteiger partial charge in [0.15, 0.2) is 0 Å². The molecule has 0 aromatic heterocycles. The first kappa shape index (κ1) is 28.5. The summed E-state index contributed by atoms with van der Waals surface area (Å²) in [5.41, 5.74) is 2.91. The van der Waals surface area contributed by atoms with Gasteiger partial charge in [0.25, 0.3) is 5.91 Å². The van der Waals surface area contributed by atoms with E-state index in [1.807, 2.05) is 18.2 Å². The van der Waals surface area contributed by atoms with Gasteiger partial charge >= 0.3 is 0 Å². The number of anilines is 1. The van der Waals surface area contributed by atoms with E-state index in [0.717, 1.165) is 11.1 Å². The van der Waals surface area contributed by atoms with E-state index in [-0.39, 0.29) is 12.2 Å². The fraction of sp³-hybridized carbons (Fsp3) is 0.0667. The Bertz CT molecular complexity index is 1550. The fourth-order valence-corrected chi connectivity index (χ4v) is 4.51. The van der Waals surface area contributed by atoms with Gasteiger partial charge in [0.2, 0.25) is 0 Å². The average molecular weight is 643 g/mol. The van der Waals surface area contributed by atoms with Gasteiger partial charge in [-0.3, -0.25) is 4.79 Å². The van der Waals surface area contributed by atoms with Gasteiger partial charge in [-0.2, -0.15) is 5.26 Å². The lowest BCUT2D eigenvalue weighted by Crippen LogP contribution is -2.13. The second kappa shape index (κ2) is 13.5. The molecule has 1 amide bonds. The standard InChI is InChI=1S/C30H20BrCl3N2O3/c31-27-14-20(3-12-29(27)39-18-21-4-7-24(33)15-28(21)34)13-22(16-35)30(37)36-25-8-10-26(11-9-25)38-17-19-1-5-23(32)6-2-19/h1-15H,17-18H2,(H,36,37)/b22-13+. The number of ether oxygens (including phenoxy) is 2. The number of carbonyl (C=O) groups is 1. The molecular weight excluding hydrogens is 623 g/mol. The molecule has 0 aliphatic rings. The Hall–Kier alpha value is -3.47. The van der Waals surface area contributed by atoms with E-state index >= 15 is 0 Å². The molecule has 0 saturated heterocycles. The zero-order chi connectivity index (χ0) is 27.8. The first-order valence-electron chi connectivity index (χ1n) is 11.6. The Morgan fingerprint density at radius 3 is 2.26 bits per heavy atom.